The molecule has 0 radical (unpaired) electrons. The summed E-state index contributed by atoms with van der Waals surface area (Å²) in [6.45, 7) is 1.99. The fourth-order valence-corrected chi connectivity index (χ4v) is 0.545. The van der Waals surface area contributed by atoms with E-state index < -0.39 is 0 Å². The third kappa shape index (κ3) is 4.88. The minimum absolute atomic E-state index is 0.250. The summed E-state index contributed by atoms with van der Waals surface area (Å²) in [6.07, 6.45) is 0.250. The van der Waals surface area contributed by atoms with Crippen molar-refractivity contribution in [2.24, 2.45) is 0 Å². The van der Waals surface area contributed by atoms with Gasteiger partial charge in [-0.05, 0) is 19.1 Å². The molecule has 1 N–H and O–H groups in total. The second-order valence-corrected chi connectivity index (χ2v) is 1.92. The van der Waals surface area contributed by atoms with E-state index in [1.165, 1.54) is 5.56 Å². The third-order valence-corrected chi connectivity index (χ3v) is 1.03. The highest BCUT2D eigenvalue weighted by Crippen LogP contribution is 2.07. The lowest BCUT2D eigenvalue weighted by Gasteiger charge is -1.89. The van der Waals surface area contributed by atoms with Crippen molar-refractivity contribution in [3.63, 3.8) is 0 Å². The maximum Gasteiger partial charge on any atom is 0.373 e. The summed E-state index contributed by atoms with van der Waals surface area (Å²) in [7, 11) is 0. The molecule has 0 saturated carbocycles. The molecule has 0 aliphatic carbocycles. The van der Waals surface area contributed by atoms with Crippen LogP contribution in [-0.4, -0.2) is 11.3 Å². The highest BCUT2D eigenvalue weighted by atomic mass is 16.3. The zero-order chi connectivity index (χ0) is 8.69. The fraction of sp³-hybridized carbons (Fsp3) is 0.125. The van der Waals surface area contributed by atoms with Crippen LogP contribution in [0.4, 0.5) is 0 Å². The monoisotopic (exact) mass is 152 g/mol. The van der Waals surface area contributed by atoms with Crippen LogP contribution in [0.3, 0.4) is 0 Å². The molecule has 0 aliphatic rings. The van der Waals surface area contributed by atoms with Crippen LogP contribution in [0, 0.1) is 6.92 Å². The van der Waals surface area contributed by atoms with Gasteiger partial charge in [-0.15, -0.1) is 0 Å². The van der Waals surface area contributed by atoms with Crippen molar-refractivity contribution in [1.29, 1.82) is 0 Å². The van der Waals surface area contributed by atoms with E-state index in [1.54, 1.807) is 12.1 Å². The fourth-order valence-electron chi connectivity index (χ4n) is 0.545. The van der Waals surface area contributed by atoms with Crippen molar-refractivity contribution in [3.05, 3.63) is 29.8 Å². The minimum Gasteiger partial charge on any atom is -0.508 e. The standard InChI is InChI=1S/C7H8O.CO2/c1-6-2-4-7(8)5-3-6;2-1-3/h2-5,8H,1H3;. The van der Waals surface area contributed by atoms with Crippen LogP contribution in [0.5, 0.6) is 5.75 Å². The number of carbonyl (C=O) groups excluding carboxylic acids is 2. The third-order valence-electron chi connectivity index (χ3n) is 1.03. The lowest BCUT2D eigenvalue weighted by molar-refractivity contribution is -0.191. The number of aryl methyl sites for hydroxylation is 1. The topological polar surface area (TPSA) is 54.4 Å². The number of hydrogen-bond donors (Lipinski definition) is 1. The van der Waals surface area contributed by atoms with E-state index in [0.717, 1.165) is 0 Å². The molecule has 1 aromatic rings. The van der Waals surface area contributed by atoms with Gasteiger partial charge in [0.1, 0.15) is 5.75 Å². The van der Waals surface area contributed by atoms with E-state index in [1.807, 2.05) is 19.1 Å². The molecule has 0 aliphatic heterocycles. The average Bonchev–Trinajstić information content (AvgIpc) is 1.97. The Kier molecular flexibility index (Phi) is 4.45. The molecule has 0 heterocycles. The minimum atomic E-state index is 0.250. The lowest BCUT2D eigenvalue weighted by Crippen LogP contribution is -1.66. The second-order valence-electron chi connectivity index (χ2n) is 1.92. The normalized spacial score (nSPS) is 7.36. The van der Waals surface area contributed by atoms with Gasteiger partial charge in [-0.3, -0.25) is 0 Å². The van der Waals surface area contributed by atoms with Crippen LogP contribution < -0.4 is 0 Å². The van der Waals surface area contributed by atoms with Crippen LogP contribution in [0.25, 0.3) is 0 Å². The first kappa shape index (κ1) is 9.40. The summed E-state index contributed by atoms with van der Waals surface area (Å²) in [5, 5.41) is 8.76. The molecule has 0 bridgehead atoms. The summed E-state index contributed by atoms with van der Waals surface area (Å²) in [5.74, 6) is 0.329. The first-order valence-corrected chi connectivity index (χ1v) is 2.95. The van der Waals surface area contributed by atoms with Gasteiger partial charge in [0.2, 0.25) is 0 Å². The Morgan fingerprint density at radius 3 is 1.82 bits per heavy atom. The number of aromatic hydroxyl groups is 1. The maximum absolute atomic E-state index is 8.76. The Bertz CT molecular complexity index is 211. The summed E-state index contributed by atoms with van der Waals surface area (Å²) in [4.78, 5) is 16.2. The Morgan fingerprint density at radius 2 is 1.55 bits per heavy atom. The molecule has 0 saturated heterocycles. The predicted octanol–water partition coefficient (Wildman–Crippen LogP) is 1.12. The van der Waals surface area contributed by atoms with Crippen LogP contribution in [-0.2, 0) is 9.59 Å². The molecule has 3 heteroatoms. The molecule has 0 fully saturated rings. The first-order valence-electron chi connectivity index (χ1n) is 2.95. The van der Waals surface area contributed by atoms with Crippen molar-refractivity contribution in [2.45, 2.75) is 6.92 Å². The zero-order valence-corrected chi connectivity index (χ0v) is 6.07. The van der Waals surface area contributed by atoms with Gasteiger partial charge in [0.25, 0.3) is 0 Å². The second kappa shape index (κ2) is 5.21. The van der Waals surface area contributed by atoms with Gasteiger partial charge < -0.3 is 5.11 Å². The molecule has 0 aromatic heterocycles. The highest BCUT2D eigenvalue weighted by molar-refractivity contribution is 5.24. The Balaban J connectivity index is 0.000000292. The number of benzene rings is 1. The maximum atomic E-state index is 8.76. The van der Waals surface area contributed by atoms with Crippen LogP contribution in [0.15, 0.2) is 24.3 Å². The Morgan fingerprint density at radius 1 is 1.18 bits per heavy atom. The summed E-state index contributed by atoms with van der Waals surface area (Å²) >= 11 is 0. The molecule has 3 nitrogen and oxygen atoms in total. The van der Waals surface area contributed by atoms with Gasteiger partial charge in [0.15, 0.2) is 0 Å². The van der Waals surface area contributed by atoms with Gasteiger partial charge in [0.05, 0.1) is 0 Å². The van der Waals surface area contributed by atoms with Gasteiger partial charge in [-0.1, -0.05) is 17.7 Å². The van der Waals surface area contributed by atoms with E-state index in [4.69, 9.17) is 14.7 Å². The van der Waals surface area contributed by atoms with Gasteiger partial charge >= 0.3 is 6.15 Å². The molecule has 0 amide bonds. The molecule has 58 valence electrons. The van der Waals surface area contributed by atoms with Gasteiger partial charge in [0, 0.05) is 0 Å². The van der Waals surface area contributed by atoms with E-state index in [-0.39, 0.29) is 6.15 Å². The summed E-state index contributed by atoms with van der Waals surface area (Å²) < 4.78 is 0. The number of phenols is 1. The van der Waals surface area contributed by atoms with Crippen molar-refractivity contribution in [3.8, 4) is 5.75 Å². The van der Waals surface area contributed by atoms with Crippen LogP contribution in [0.2, 0.25) is 0 Å². The Labute approximate surface area is 64.3 Å². The molecule has 1 aromatic carbocycles. The number of phenolic OH excluding ortho intramolecular Hbond substituents is 1. The van der Waals surface area contributed by atoms with Crippen LogP contribution >= 0.6 is 0 Å². The lowest BCUT2D eigenvalue weighted by atomic mass is 10.2. The molecule has 0 unspecified atom stereocenters. The SMILES string of the molecule is Cc1ccc(O)cc1.O=C=O. The van der Waals surface area contributed by atoms with Crippen molar-refractivity contribution in [1.82, 2.24) is 0 Å². The molecule has 1 rings (SSSR count). The molecular weight excluding hydrogens is 144 g/mol. The molecule has 0 atom stereocenters. The van der Waals surface area contributed by atoms with E-state index in [0.29, 0.717) is 5.75 Å². The van der Waals surface area contributed by atoms with Crippen molar-refractivity contribution < 1.29 is 14.7 Å². The van der Waals surface area contributed by atoms with E-state index in [9.17, 15) is 0 Å². The Hall–Kier alpha value is -1.60. The predicted molar refractivity (Wildman–Crippen MR) is 37.9 cm³/mol. The van der Waals surface area contributed by atoms with Gasteiger partial charge in [-0.25, -0.2) is 0 Å². The first-order chi connectivity index (χ1) is 5.20. The van der Waals surface area contributed by atoms with Crippen LogP contribution in [0.1, 0.15) is 5.56 Å². The largest absolute Gasteiger partial charge is 0.508 e. The van der Waals surface area contributed by atoms with E-state index >= 15 is 0 Å². The number of rotatable bonds is 0. The molecule has 0 spiro atoms. The van der Waals surface area contributed by atoms with Gasteiger partial charge in [-0.2, -0.15) is 9.59 Å². The zero-order valence-electron chi connectivity index (χ0n) is 6.07. The van der Waals surface area contributed by atoms with Crippen molar-refractivity contribution in [2.75, 3.05) is 0 Å². The highest BCUT2D eigenvalue weighted by Gasteiger charge is 1.82. The van der Waals surface area contributed by atoms with E-state index in [2.05, 4.69) is 0 Å². The summed E-state index contributed by atoms with van der Waals surface area (Å²) in [5.41, 5.74) is 1.17. The molecule has 11 heavy (non-hydrogen) atoms. The number of hydrogen-bond acceptors (Lipinski definition) is 3. The smallest absolute Gasteiger partial charge is 0.373 e. The quantitative estimate of drug-likeness (QED) is 0.606. The summed E-state index contributed by atoms with van der Waals surface area (Å²) in [6, 6.07) is 7.09. The average molecular weight is 152 g/mol. The van der Waals surface area contributed by atoms with Crippen molar-refractivity contribution >= 4 is 6.15 Å². The molecular formula is C8H8O3.